The molecule has 0 aliphatic heterocycles. The van der Waals surface area contributed by atoms with Crippen LogP contribution in [0, 0.1) is 0 Å². The topological polar surface area (TPSA) is 33.1 Å². The zero-order chi connectivity index (χ0) is 9.26. The van der Waals surface area contributed by atoms with Crippen molar-refractivity contribution in [3.8, 4) is 0 Å². The van der Waals surface area contributed by atoms with E-state index < -0.39 is 0 Å². The van der Waals surface area contributed by atoms with Crippen molar-refractivity contribution in [1.82, 2.24) is 4.98 Å². The molecule has 0 amide bonds. The molecule has 1 aromatic heterocycles. The molecular formula is C9H8BrNOS. The lowest BCUT2D eigenvalue weighted by Gasteiger charge is -1.88. The molecule has 1 N–H and O–H groups in total. The summed E-state index contributed by atoms with van der Waals surface area (Å²) in [6, 6.07) is 6.01. The quantitative estimate of drug-likeness (QED) is 0.898. The number of fused-ring (bicyclic) bond motifs is 1. The molecule has 0 radical (unpaired) electrons. The molecule has 0 unspecified atom stereocenters. The van der Waals surface area contributed by atoms with Crippen molar-refractivity contribution < 1.29 is 5.11 Å². The van der Waals surface area contributed by atoms with Crippen LogP contribution in [0.3, 0.4) is 0 Å². The maximum absolute atomic E-state index is 8.77. The number of hydrogen-bond acceptors (Lipinski definition) is 3. The molecule has 0 saturated carbocycles. The third-order valence-electron chi connectivity index (χ3n) is 1.74. The average Bonchev–Trinajstić information content (AvgIpc) is 2.49. The molecule has 0 aliphatic rings. The molecule has 2 rings (SSSR count). The molecule has 0 fully saturated rings. The standard InChI is InChI=1S/C9H8BrNOS/c10-6-2-1-3-7-9(6)11-8(13-7)4-5-12/h1-3,12H,4-5H2. The molecule has 0 saturated heterocycles. The summed E-state index contributed by atoms with van der Waals surface area (Å²) in [5.74, 6) is 0. The van der Waals surface area contributed by atoms with E-state index in [1.165, 1.54) is 0 Å². The van der Waals surface area contributed by atoms with Gasteiger partial charge in [-0.2, -0.15) is 0 Å². The lowest BCUT2D eigenvalue weighted by Crippen LogP contribution is -1.87. The number of nitrogens with zero attached hydrogens (tertiary/aromatic N) is 1. The Labute approximate surface area is 88.4 Å². The van der Waals surface area contributed by atoms with E-state index in [-0.39, 0.29) is 6.61 Å². The van der Waals surface area contributed by atoms with Crippen molar-refractivity contribution >= 4 is 37.5 Å². The molecule has 0 aliphatic carbocycles. The Morgan fingerprint density at radius 1 is 1.46 bits per heavy atom. The monoisotopic (exact) mass is 257 g/mol. The third-order valence-corrected chi connectivity index (χ3v) is 3.46. The molecule has 4 heteroatoms. The molecule has 2 nitrogen and oxygen atoms in total. The predicted octanol–water partition coefficient (Wildman–Crippen LogP) is 2.59. The average molecular weight is 258 g/mol. The number of benzene rings is 1. The summed E-state index contributed by atoms with van der Waals surface area (Å²) in [7, 11) is 0. The number of aliphatic hydroxyl groups excluding tert-OH is 1. The first-order valence-corrected chi connectivity index (χ1v) is 5.57. The van der Waals surface area contributed by atoms with E-state index in [4.69, 9.17) is 5.11 Å². The van der Waals surface area contributed by atoms with Gasteiger partial charge in [0.15, 0.2) is 0 Å². The third kappa shape index (κ3) is 1.75. The zero-order valence-electron chi connectivity index (χ0n) is 6.83. The Morgan fingerprint density at radius 3 is 3.00 bits per heavy atom. The normalized spacial score (nSPS) is 10.9. The number of rotatable bonds is 2. The Morgan fingerprint density at radius 2 is 2.31 bits per heavy atom. The minimum Gasteiger partial charge on any atom is -0.396 e. The smallest absolute Gasteiger partial charge is 0.0961 e. The van der Waals surface area contributed by atoms with Crippen LogP contribution in [0.2, 0.25) is 0 Å². The second-order valence-electron chi connectivity index (χ2n) is 2.67. The van der Waals surface area contributed by atoms with Crippen LogP contribution < -0.4 is 0 Å². The largest absolute Gasteiger partial charge is 0.396 e. The highest BCUT2D eigenvalue weighted by molar-refractivity contribution is 9.10. The summed E-state index contributed by atoms with van der Waals surface area (Å²) >= 11 is 5.08. The number of para-hydroxylation sites is 1. The van der Waals surface area contributed by atoms with E-state index in [0.29, 0.717) is 6.42 Å². The van der Waals surface area contributed by atoms with Gasteiger partial charge in [-0.1, -0.05) is 6.07 Å². The Bertz CT molecular complexity index is 426. The number of thiazole rings is 1. The number of aromatic nitrogens is 1. The van der Waals surface area contributed by atoms with Crippen LogP contribution in [0.1, 0.15) is 5.01 Å². The fourth-order valence-corrected chi connectivity index (χ4v) is 2.73. The molecular weight excluding hydrogens is 250 g/mol. The first-order valence-electron chi connectivity index (χ1n) is 3.96. The van der Waals surface area contributed by atoms with Crippen molar-refractivity contribution in [2.45, 2.75) is 6.42 Å². The summed E-state index contributed by atoms with van der Waals surface area (Å²) in [6.45, 7) is 0.164. The fourth-order valence-electron chi connectivity index (χ4n) is 1.16. The van der Waals surface area contributed by atoms with Crippen LogP contribution in [0.15, 0.2) is 22.7 Å². The molecule has 68 valence electrons. The van der Waals surface area contributed by atoms with Crippen molar-refractivity contribution in [2.75, 3.05) is 6.61 Å². The van der Waals surface area contributed by atoms with E-state index in [1.54, 1.807) is 11.3 Å². The summed E-state index contributed by atoms with van der Waals surface area (Å²) in [5.41, 5.74) is 0.996. The first-order chi connectivity index (χ1) is 6.31. The maximum Gasteiger partial charge on any atom is 0.0961 e. The second-order valence-corrected chi connectivity index (χ2v) is 4.64. The number of hydrogen-bond donors (Lipinski definition) is 1. The maximum atomic E-state index is 8.77. The van der Waals surface area contributed by atoms with Crippen molar-refractivity contribution in [3.05, 3.63) is 27.7 Å². The summed E-state index contributed by atoms with van der Waals surface area (Å²) in [4.78, 5) is 4.41. The van der Waals surface area contributed by atoms with Gasteiger partial charge < -0.3 is 5.11 Å². The van der Waals surface area contributed by atoms with Crippen molar-refractivity contribution in [1.29, 1.82) is 0 Å². The van der Waals surface area contributed by atoms with E-state index in [9.17, 15) is 0 Å². The molecule has 0 bridgehead atoms. The summed E-state index contributed by atoms with van der Waals surface area (Å²) in [5, 5.41) is 9.76. The molecule has 1 aromatic carbocycles. The van der Waals surface area contributed by atoms with Crippen LogP contribution in [-0.4, -0.2) is 16.7 Å². The van der Waals surface area contributed by atoms with Crippen LogP contribution in [0.5, 0.6) is 0 Å². The van der Waals surface area contributed by atoms with Crippen LogP contribution in [-0.2, 0) is 6.42 Å². The van der Waals surface area contributed by atoms with Gasteiger partial charge >= 0.3 is 0 Å². The predicted molar refractivity (Wildman–Crippen MR) is 58.1 cm³/mol. The zero-order valence-corrected chi connectivity index (χ0v) is 9.23. The van der Waals surface area contributed by atoms with Crippen molar-refractivity contribution in [3.63, 3.8) is 0 Å². The van der Waals surface area contributed by atoms with Gasteiger partial charge in [-0.05, 0) is 28.1 Å². The van der Waals surface area contributed by atoms with Gasteiger partial charge in [0.25, 0.3) is 0 Å². The molecule has 0 spiro atoms. The first kappa shape index (κ1) is 9.12. The van der Waals surface area contributed by atoms with E-state index >= 15 is 0 Å². The summed E-state index contributed by atoms with van der Waals surface area (Å²) in [6.07, 6.45) is 0.645. The van der Waals surface area contributed by atoms with Crippen LogP contribution in [0.4, 0.5) is 0 Å². The van der Waals surface area contributed by atoms with Crippen LogP contribution in [0.25, 0.3) is 10.2 Å². The molecule has 0 atom stereocenters. The highest BCUT2D eigenvalue weighted by Gasteiger charge is 2.05. The molecule has 2 aromatic rings. The molecule has 13 heavy (non-hydrogen) atoms. The van der Waals surface area contributed by atoms with Gasteiger partial charge in [-0.3, -0.25) is 0 Å². The van der Waals surface area contributed by atoms with Gasteiger partial charge in [-0.25, -0.2) is 4.98 Å². The lowest BCUT2D eigenvalue weighted by molar-refractivity contribution is 0.299. The highest BCUT2D eigenvalue weighted by Crippen LogP contribution is 2.28. The summed E-state index contributed by atoms with van der Waals surface area (Å²) < 4.78 is 2.18. The van der Waals surface area contributed by atoms with Gasteiger partial charge in [0.05, 0.1) is 15.2 Å². The van der Waals surface area contributed by atoms with Crippen LogP contribution >= 0.6 is 27.3 Å². The highest BCUT2D eigenvalue weighted by atomic mass is 79.9. The van der Waals surface area contributed by atoms with E-state index in [0.717, 1.165) is 19.7 Å². The van der Waals surface area contributed by atoms with Crippen molar-refractivity contribution in [2.24, 2.45) is 0 Å². The minimum atomic E-state index is 0.164. The molecule has 1 heterocycles. The van der Waals surface area contributed by atoms with E-state index in [2.05, 4.69) is 20.9 Å². The van der Waals surface area contributed by atoms with Gasteiger partial charge in [0.2, 0.25) is 0 Å². The minimum absolute atomic E-state index is 0.164. The van der Waals surface area contributed by atoms with Gasteiger partial charge in [-0.15, -0.1) is 11.3 Å². The van der Waals surface area contributed by atoms with E-state index in [1.807, 2.05) is 18.2 Å². The number of halogens is 1. The number of aliphatic hydroxyl groups is 1. The fraction of sp³-hybridized carbons (Fsp3) is 0.222. The van der Waals surface area contributed by atoms with Gasteiger partial charge in [0.1, 0.15) is 0 Å². The Kier molecular flexibility index (Phi) is 2.62. The Hall–Kier alpha value is -0.450. The lowest BCUT2D eigenvalue weighted by atomic mass is 10.3. The van der Waals surface area contributed by atoms with Gasteiger partial charge in [0, 0.05) is 17.5 Å². The Balaban J connectivity index is 2.55. The second kappa shape index (κ2) is 3.74. The SMILES string of the molecule is OCCc1nc2c(Br)cccc2s1.